The Kier molecular flexibility index (Phi) is 5.02. The molecule has 0 aromatic heterocycles. The largest absolute Gasteiger partial charge is 0.370 e. The van der Waals surface area contributed by atoms with Crippen molar-refractivity contribution < 1.29 is 19.0 Å². The third-order valence-electron chi connectivity index (χ3n) is 4.95. The molecule has 2 aromatic rings. The second-order valence-electron chi connectivity index (χ2n) is 6.88. The number of carbonyl (C=O) groups is 1. The predicted octanol–water partition coefficient (Wildman–Crippen LogP) is 2.48. The molecule has 0 radical (unpaired) electrons. The highest BCUT2D eigenvalue weighted by Crippen LogP contribution is 2.29. The molecule has 1 N–H and O–H groups in total. The highest BCUT2D eigenvalue weighted by molar-refractivity contribution is 5.94. The molecule has 2 aliphatic rings. The van der Waals surface area contributed by atoms with Crippen LogP contribution in [0.15, 0.2) is 54.6 Å². The molecule has 4 rings (SSSR count). The first kappa shape index (κ1) is 17.2. The Morgan fingerprint density at radius 1 is 1.04 bits per heavy atom. The maximum Gasteiger partial charge on any atom is 0.251 e. The molecule has 1 amide bonds. The topological polar surface area (TPSA) is 56.8 Å². The van der Waals surface area contributed by atoms with Crippen molar-refractivity contribution in [3.05, 3.63) is 71.3 Å². The molecular weight excluding hydrogens is 330 g/mol. The van der Waals surface area contributed by atoms with Crippen LogP contribution in [-0.4, -0.2) is 43.5 Å². The summed E-state index contributed by atoms with van der Waals surface area (Å²) in [4.78, 5) is 12.4. The number of benzene rings is 2. The van der Waals surface area contributed by atoms with Crippen molar-refractivity contribution in [1.29, 1.82) is 0 Å². The number of ether oxygens (including phenoxy) is 3. The maximum absolute atomic E-state index is 12.4. The van der Waals surface area contributed by atoms with Crippen molar-refractivity contribution in [2.75, 3.05) is 13.2 Å². The maximum atomic E-state index is 12.4. The molecule has 136 valence electrons. The van der Waals surface area contributed by atoms with E-state index in [4.69, 9.17) is 14.2 Å². The van der Waals surface area contributed by atoms with Crippen LogP contribution >= 0.6 is 0 Å². The number of carbonyl (C=O) groups excluding carboxylic acids is 1. The highest BCUT2D eigenvalue weighted by atomic mass is 16.6. The van der Waals surface area contributed by atoms with E-state index in [0.717, 1.165) is 11.1 Å². The molecule has 0 unspecified atom stereocenters. The number of rotatable bonds is 5. The van der Waals surface area contributed by atoms with Gasteiger partial charge in [-0.15, -0.1) is 0 Å². The van der Waals surface area contributed by atoms with E-state index in [2.05, 4.69) is 5.32 Å². The molecule has 0 spiro atoms. The summed E-state index contributed by atoms with van der Waals surface area (Å²) in [5, 5.41) is 3.04. The number of hydrogen-bond acceptors (Lipinski definition) is 4. The summed E-state index contributed by atoms with van der Waals surface area (Å²) in [5.41, 5.74) is 2.90. The summed E-state index contributed by atoms with van der Waals surface area (Å²) >= 11 is 0. The Bertz CT molecular complexity index is 746. The van der Waals surface area contributed by atoms with E-state index in [1.165, 1.54) is 0 Å². The quantitative estimate of drug-likeness (QED) is 0.897. The number of fused-ring (bicyclic) bond motifs is 1. The van der Waals surface area contributed by atoms with Crippen LogP contribution in [-0.2, 0) is 20.8 Å². The van der Waals surface area contributed by atoms with Gasteiger partial charge in [0.15, 0.2) is 0 Å². The molecule has 4 atom stereocenters. The van der Waals surface area contributed by atoms with Crippen LogP contribution in [0.4, 0.5) is 0 Å². The van der Waals surface area contributed by atoms with Gasteiger partial charge in [0.25, 0.3) is 5.91 Å². The summed E-state index contributed by atoms with van der Waals surface area (Å²) in [6, 6.07) is 17.4. The molecule has 26 heavy (non-hydrogen) atoms. The van der Waals surface area contributed by atoms with Crippen LogP contribution < -0.4 is 5.32 Å². The first-order valence-corrected chi connectivity index (χ1v) is 8.97. The summed E-state index contributed by atoms with van der Waals surface area (Å²) in [5.74, 6) is -0.100. The number of hydrogen-bond donors (Lipinski definition) is 1. The molecule has 2 aliphatic heterocycles. The Morgan fingerprint density at radius 2 is 1.77 bits per heavy atom. The van der Waals surface area contributed by atoms with Gasteiger partial charge in [-0.3, -0.25) is 4.79 Å². The summed E-state index contributed by atoms with van der Waals surface area (Å²) in [6.07, 6.45) is -0.409. The normalized spacial score (nSPS) is 27.3. The van der Waals surface area contributed by atoms with E-state index in [-0.39, 0.29) is 30.3 Å². The van der Waals surface area contributed by atoms with E-state index < -0.39 is 0 Å². The standard InChI is InChI=1S/C21H23NO4/c1-14-7-9-16(10-8-14)21(23)22-17-12-25-20-18(13-26-19(17)20)24-11-15-5-3-2-4-6-15/h2-10,17-20H,11-13H2,1H3,(H,22,23)/t17-,18+,19+,20+/m0/s1. The van der Waals surface area contributed by atoms with E-state index in [9.17, 15) is 4.79 Å². The zero-order chi connectivity index (χ0) is 17.9. The Morgan fingerprint density at radius 3 is 2.54 bits per heavy atom. The minimum Gasteiger partial charge on any atom is -0.370 e. The molecule has 0 bridgehead atoms. The van der Waals surface area contributed by atoms with Crippen LogP contribution in [0.2, 0.25) is 0 Å². The van der Waals surface area contributed by atoms with Gasteiger partial charge in [0, 0.05) is 5.56 Å². The van der Waals surface area contributed by atoms with Gasteiger partial charge in [-0.25, -0.2) is 0 Å². The lowest BCUT2D eigenvalue weighted by molar-refractivity contribution is -0.0392. The molecule has 5 heteroatoms. The number of nitrogens with one attached hydrogen (secondary N) is 1. The molecular formula is C21H23NO4. The average molecular weight is 353 g/mol. The Balaban J connectivity index is 1.33. The van der Waals surface area contributed by atoms with Crippen LogP contribution in [0, 0.1) is 6.92 Å². The van der Waals surface area contributed by atoms with Gasteiger partial charge in [-0.05, 0) is 24.6 Å². The minimum atomic E-state index is -0.162. The minimum absolute atomic E-state index is 0.100. The molecule has 0 aliphatic carbocycles. The lowest BCUT2D eigenvalue weighted by Gasteiger charge is -2.18. The molecule has 2 saturated heterocycles. The van der Waals surface area contributed by atoms with E-state index in [1.54, 1.807) is 0 Å². The second kappa shape index (κ2) is 7.58. The summed E-state index contributed by atoms with van der Waals surface area (Å²) in [6.45, 7) is 3.46. The third-order valence-corrected chi connectivity index (χ3v) is 4.95. The average Bonchev–Trinajstić information content (AvgIpc) is 3.24. The summed E-state index contributed by atoms with van der Waals surface area (Å²) in [7, 11) is 0. The van der Waals surface area contributed by atoms with Gasteiger partial charge in [0.05, 0.1) is 25.9 Å². The SMILES string of the molecule is Cc1ccc(C(=O)N[C@H]2CO[C@H]3[C@@H]2OC[C@H]3OCc2ccccc2)cc1. The predicted molar refractivity (Wildman–Crippen MR) is 96.9 cm³/mol. The lowest BCUT2D eigenvalue weighted by Crippen LogP contribution is -2.44. The fourth-order valence-electron chi connectivity index (χ4n) is 3.46. The molecule has 2 aromatic carbocycles. The monoisotopic (exact) mass is 353 g/mol. The third kappa shape index (κ3) is 3.65. The fourth-order valence-corrected chi connectivity index (χ4v) is 3.46. The van der Waals surface area contributed by atoms with Gasteiger partial charge >= 0.3 is 0 Å². The van der Waals surface area contributed by atoms with Crippen LogP contribution in [0.5, 0.6) is 0 Å². The van der Waals surface area contributed by atoms with Gasteiger partial charge < -0.3 is 19.5 Å². The molecule has 5 nitrogen and oxygen atoms in total. The van der Waals surface area contributed by atoms with Crippen LogP contribution in [0.1, 0.15) is 21.5 Å². The van der Waals surface area contributed by atoms with E-state index >= 15 is 0 Å². The van der Waals surface area contributed by atoms with E-state index in [0.29, 0.717) is 25.4 Å². The smallest absolute Gasteiger partial charge is 0.251 e. The van der Waals surface area contributed by atoms with Gasteiger partial charge in [-0.2, -0.15) is 0 Å². The zero-order valence-electron chi connectivity index (χ0n) is 14.8. The lowest BCUT2D eigenvalue weighted by atomic mass is 10.1. The number of aryl methyl sites for hydroxylation is 1. The van der Waals surface area contributed by atoms with Gasteiger partial charge in [0.1, 0.15) is 18.3 Å². The van der Waals surface area contributed by atoms with Crippen LogP contribution in [0.25, 0.3) is 0 Å². The van der Waals surface area contributed by atoms with Crippen molar-refractivity contribution in [2.45, 2.75) is 37.9 Å². The van der Waals surface area contributed by atoms with Gasteiger partial charge in [0.2, 0.25) is 0 Å². The van der Waals surface area contributed by atoms with Crippen molar-refractivity contribution >= 4 is 5.91 Å². The van der Waals surface area contributed by atoms with E-state index in [1.807, 2.05) is 61.5 Å². The zero-order valence-corrected chi connectivity index (χ0v) is 14.8. The van der Waals surface area contributed by atoms with Crippen molar-refractivity contribution in [3.8, 4) is 0 Å². The molecule has 0 saturated carbocycles. The fraction of sp³-hybridized carbons (Fsp3) is 0.381. The summed E-state index contributed by atoms with van der Waals surface area (Å²) < 4.78 is 17.8. The Labute approximate surface area is 153 Å². The molecule has 2 heterocycles. The van der Waals surface area contributed by atoms with Crippen molar-refractivity contribution in [2.24, 2.45) is 0 Å². The highest BCUT2D eigenvalue weighted by Gasteiger charge is 2.48. The first-order chi connectivity index (χ1) is 12.7. The van der Waals surface area contributed by atoms with Gasteiger partial charge in [-0.1, -0.05) is 48.0 Å². The second-order valence-corrected chi connectivity index (χ2v) is 6.88. The van der Waals surface area contributed by atoms with Crippen molar-refractivity contribution in [3.63, 3.8) is 0 Å². The van der Waals surface area contributed by atoms with Crippen molar-refractivity contribution in [1.82, 2.24) is 5.32 Å². The Hall–Kier alpha value is -2.21. The molecule has 2 fully saturated rings. The first-order valence-electron chi connectivity index (χ1n) is 8.97. The number of amides is 1. The van der Waals surface area contributed by atoms with Crippen LogP contribution in [0.3, 0.4) is 0 Å².